The molecular formula is C22H23ClF2N4O2S. The summed E-state index contributed by atoms with van der Waals surface area (Å²) in [5, 5.41) is 14.4. The molecule has 0 bridgehead atoms. The SMILES string of the molecule is CC(C)(C)c1cc(Cl)ccc1Cc1nc(C(=O)NCC(=O)N2CC(F)(F)C[C@H]2C#N)cs1. The fourth-order valence-electron chi connectivity index (χ4n) is 3.60. The molecule has 3 rings (SSSR count). The van der Waals surface area contributed by atoms with Gasteiger partial charge in [0.25, 0.3) is 11.8 Å². The number of nitrogens with one attached hydrogen (secondary N) is 1. The standard InChI is InChI=1S/C22H23ClF2N4O2S/c1-21(2,3)16-7-14(23)5-4-13(16)6-18-28-17(11-32-18)20(31)27-10-19(30)29-12-22(24,25)8-15(29)9-26/h4-5,7,11,15H,6,8,10,12H2,1-3H3,(H,27,31)/t15-/m0/s1. The molecule has 2 amide bonds. The van der Waals surface area contributed by atoms with Gasteiger partial charge in [-0.2, -0.15) is 5.26 Å². The summed E-state index contributed by atoms with van der Waals surface area (Å²) in [6, 6.07) is 6.20. The molecule has 32 heavy (non-hydrogen) atoms. The van der Waals surface area contributed by atoms with E-state index < -0.39 is 43.3 Å². The van der Waals surface area contributed by atoms with E-state index >= 15 is 0 Å². The molecule has 0 unspecified atom stereocenters. The van der Waals surface area contributed by atoms with Crippen LogP contribution in [0.3, 0.4) is 0 Å². The molecule has 0 saturated carbocycles. The summed E-state index contributed by atoms with van der Waals surface area (Å²) < 4.78 is 27.0. The number of hydrogen-bond acceptors (Lipinski definition) is 5. The highest BCUT2D eigenvalue weighted by Crippen LogP contribution is 2.32. The maximum absolute atomic E-state index is 13.5. The molecule has 0 spiro atoms. The number of carbonyl (C=O) groups is 2. The van der Waals surface area contributed by atoms with Crippen molar-refractivity contribution in [3.63, 3.8) is 0 Å². The number of thiazole rings is 1. The number of halogens is 3. The molecule has 1 N–H and O–H groups in total. The van der Waals surface area contributed by atoms with Gasteiger partial charge in [0.1, 0.15) is 11.7 Å². The largest absolute Gasteiger partial charge is 0.342 e. The van der Waals surface area contributed by atoms with Crippen LogP contribution in [0, 0.1) is 11.3 Å². The number of carbonyl (C=O) groups excluding carboxylic acids is 2. The summed E-state index contributed by atoms with van der Waals surface area (Å²) >= 11 is 7.47. The lowest BCUT2D eigenvalue weighted by molar-refractivity contribution is -0.131. The zero-order valence-electron chi connectivity index (χ0n) is 17.9. The number of benzene rings is 1. The van der Waals surface area contributed by atoms with Gasteiger partial charge in [0.05, 0.1) is 24.2 Å². The van der Waals surface area contributed by atoms with Crippen LogP contribution in [0.1, 0.15) is 53.8 Å². The molecule has 1 atom stereocenters. The Hall–Kier alpha value is -2.57. The lowest BCUT2D eigenvalue weighted by atomic mass is 9.83. The normalized spacial score (nSPS) is 17.8. The first-order chi connectivity index (χ1) is 14.9. The Morgan fingerprint density at radius 1 is 1.41 bits per heavy atom. The Morgan fingerprint density at radius 3 is 2.78 bits per heavy atom. The van der Waals surface area contributed by atoms with Crippen LogP contribution in [0.2, 0.25) is 5.02 Å². The first kappa shape index (κ1) is 24.1. The fourth-order valence-corrected chi connectivity index (χ4v) is 4.57. The predicted octanol–water partition coefficient (Wildman–Crippen LogP) is 4.17. The number of amides is 2. The van der Waals surface area contributed by atoms with Gasteiger partial charge in [-0.25, -0.2) is 13.8 Å². The molecule has 2 heterocycles. The maximum atomic E-state index is 13.5. The molecule has 6 nitrogen and oxygen atoms in total. The number of nitriles is 1. The van der Waals surface area contributed by atoms with E-state index in [0.29, 0.717) is 11.4 Å². The Kier molecular flexibility index (Phi) is 6.86. The third kappa shape index (κ3) is 5.61. The van der Waals surface area contributed by atoms with Crippen molar-refractivity contribution >= 4 is 34.8 Å². The van der Waals surface area contributed by atoms with Crippen molar-refractivity contribution in [3.8, 4) is 6.07 Å². The van der Waals surface area contributed by atoms with E-state index in [2.05, 4.69) is 31.1 Å². The van der Waals surface area contributed by atoms with Gasteiger partial charge < -0.3 is 10.2 Å². The monoisotopic (exact) mass is 480 g/mol. The van der Waals surface area contributed by atoms with Crippen molar-refractivity contribution in [2.75, 3.05) is 13.1 Å². The van der Waals surface area contributed by atoms with Crippen LogP contribution in [0.15, 0.2) is 23.6 Å². The second-order valence-electron chi connectivity index (χ2n) is 8.76. The van der Waals surface area contributed by atoms with Crippen molar-refractivity contribution in [3.05, 3.63) is 50.4 Å². The van der Waals surface area contributed by atoms with Gasteiger partial charge in [0, 0.05) is 23.2 Å². The van der Waals surface area contributed by atoms with E-state index in [1.807, 2.05) is 18.2 Å². The van der Waals surface area contributed by atoms with Gasteiger partial charge in [-0.3, -0.25) is 9.59 Å². The summed E-state index contributed by atoms with van der Waals surface area (Å²) in [5.41, 5.74) is 2.17. The van der Waals surface area contributed by atoms with Crippen LogP contribution in [0.4, 0.5) is 8.78 Å². The first-order valence-corrected chi connectivity index (χ1v) is 11.2. The summed E-state index contributed by atoms with van der Waals surface area (Å²) in [4.78, 5) is 29.8. The van der Waals surface area contributed by atoms with Gasteiger partial charge in [-0.05, 0) is 28.7 Å². The average molecular weight is 481 g/mol. The minimum Gasteiger partial charge on any atom is -0.342 e. The van der Waals surface area contributed by atoms with Crippen LogP contribution in [-0.4, -0.2) is 46.8 Å². The van der Waals surface area contributed by atoms with Crippen molar-refractivity contribution in [2.24, 2.45) is 0 Å². The van der Waals surface area contributed by atoms with Gasteiger partial charge in [0.2, 0.25) is 5.91 Å². The number of rotatable bonds is 5. The summed E-state index contributed by atoms with van der Waals surface area (Å²) in [5.74, 6) is -4.40. The van der Waals surface area contributed by atoms with E-state index in [9.17, 15) is 18.4 Å². The second kappa shape index (κ2) is 9.12. The van der Waals surface area contributed by atoms with Gasteiger partial charge in [0.15, 0.2) is 0 Å². The number of aromatic nitrogens is 1. The number of hydrogen-bond donors (Lipinski definition) is 1. The van der Waals surface area contributed by atoms with Crippen molar-refractivity contribution in [1.29, 1.82) is 5.26 Å². The van der Waals surface area contributed by atoms with E-state index in [1.165, 1.54) is 11.3 Å². The second-order valence-corrected chi connectivity index (χ2v) is 10.1. The minimum atomic E-state index is -3.10. The maximum Gasteiger partial charge on any atom is 0.271 e. The van der Waals surface area contributed by atoms with E-state index in [-0.39, 0.29) is 11.1 Å². The molecule has 1 aromatic carbocycles. The van der Waals surface area contributed by atoms with Gasteiger partial charge in [-0.15, -0.1) is 11.3 Å². The van der Waals surface area contributed by atoms with Gasteiger partial charge in [-0.1, -0.05) is 38.4 Å². The first-order valence-electron chi connectivity index (χ1n) is 9.98. The quantitative estimate of drug-likeness (QED) is 0.695. The van der Waals surface area contributed by atoms with Crippen LogP contribution < -0.4 is 5.32 Å². The number of nitrogens with zero attached hydrogens (tertiary/aromatic N) is 3. The zero-order chi connectivity index (χ0) is 23.7. The van der Waals surface area contributed by atoms with E-state index in [4.69, 9.17) is 16.9 Å². The Morgan fingerprint density at radius 2 is 2.12 bits per heavy atom. The summed E-state index contributed by atoms with van der Waals surface area (Å²) in [7, 11) is 0. The number of likely N-dealkylation sites (tertiary alicyclic amines) is 1. The molecule has 170 valence electrons. The van der Waals surface area contributed by atoms with Crippen molar-refractivity contribution in [2.45, 2.75) is 51.0 Å². The van der Waals surface area contributed by atoms with Gasteiger partial charge >= 0.3 is 0 Å². The summed E-state index contributed by atoms with van der Waals surface area (Å²) in [6.45, 7) is 4.97. The molecule has 0 radical (unpaired) electrons. The Bertz CT molecular complexity index is 1070. The lowest BCUT2D eigenvalue weighted by Crippen LogP contribution is -2.43. The third-order valence-electron chi connectivity index (χ3n) is 5.15. The molecule has 0 aliphatic carbocycles. The average Bonchev–Trinajstić information content (AvgIpc) is 3.30. The highest BCUT2D eigenvalue weighted by atomic mass is 35.5. The fraction of sp³-hybridized carbons (Fsp3) is 0.455. The third-order valence-corrected chi connectivity index (χ3v) is 6.23. The summed E-state index contributed by atoms with van der Waals surface area (Å²) in [6.07, 6.45) is -0.173. The highest BCUT2D eigenvalue weighted by molar-refractivity contribution is 7.09. The molecule has 1 saturated heterocycles. The molecule has 1 fully saturated rings. The molecule has 1 aliphatic heterocycles. The zero-order valence-corrected chi connectivity index (χ0v) is 19.5. The lowest BCUT2D eigenvalue weighted by Gasteiger charge is -2.23. The molecule has 10 heteroatoms. The van der Waals surface area contributed by atoms with Crippen molar-refractivity contribution in [1.82, 2.24) is 15.2 Å². The van der Waals surface area contributed by atoms with Crippen LogP contribution in [0.25, 0.3) is 0 Å². The molecular weight excluding hydrogens is 458 g/mol. The van der Waals surface area contributed by atoms with E-state index in [1.54, 1.807) is 11.4 Å². The smallest absolute Gasteiger partial charge is 0.271 e. The predicted molar refractivity (Wildman–Crippen MR) is 118 cm³/mol. The minimum absolute atomic E-state index is 0.119. The van der Waals surface area contributed by atoms with E-state index in [0.717, 1.165) is 21.0 Å². The van der Waals surface area contributed by atoms with Crippen molar-refractivity contribution < 1.29 is 18.4 Å². The topological polar surface area (TPSA) is 86.1 Å². The van der Waals surface area contributed by atoms with Crippen LogP contribution in [-0.2, 0) is 16.6 Å². The Balaban J connectivity index is 1.64. The Labute approximate surface area is 194 Å². The van der Waals surface area contributed by atoms with Crippen LogP contribution >= 0.6 is 22.9 Å². The molecule has 2 aromatic rings. The molecule has 1 aliphatic rings. The molecule has 1 aromatic heterocycles. The highest BCUT2D eigenvalue weighted by Gasteiger charge is 2.47. The van der Waals surface area contributed by atoms with Crippen LogP contribution in [0.5, 0.6) is 0 Å². The number of alkyl halides is 2.